The van der Waals surface area contributed by atoms with E-state index in [9.17, 15) is 30.3 Å². The number of aliphatic hydroxyl groups is 5. The van der Waals surface area contributed by atoms with Gasteiger partial charge in [0.1, 0.15) is 24.4 Å². The highest BCUT2D eigenvalue weighted by molar-refractivity contribution is 5.76. The molecule has 0 aliphatic carbocycles. The maximum atomic E-state index is 12.9. The maximum Gasteiger partial charge on any atom is 0.220 e. The van der Waals surface area contributed by atoms with E-state index in [1.54, 1.807) is 6.08 Å². The Morgan fingerprint density at radius 3 is 1.35 bits per heavy atom. The maximum absolute atomic E-state index is 12.9. The average molecular weight is 946 g/mol. The first-order chi connectivity index (χ1) is 33.3. The summed E-state index contributed by atoms with van der Waals surface area (Å²) in [4.78, 5) is 12.9. The average Bonchev–Trinajstić information content (AvgIpc) is 3.34. The fourth-order valence-electron chi connectivity index (χ4n) is 7.30. The number of carbonyl (C=O) groups excluding carboxylic acids is 1. The molecule has 6 N–H and O–H groups in total. The van der Waals surface area contributed by atoms with Crippen LogP contribution in [-0.2, 0) is 14.3 Å². The van der Waals surface area contributed by atoms with Gasteiger partial charge in [-0.1, -0.05) is 205 Å². The van der Waals surface area contributed by atoms with Crippen molar-refractivity contribution in [3.63, 3.8) is 0 Å². The summed E-state index contributed by atoms with van der Waals surface area (Å²) in [6.07, 6.45) is 65.3. The molecule has 1 fully saturated rings. The van der Waals surface area contributed by atoms with E-state index in [0.717, 1.165) is 128 Å². The predicted octanol–water partition coefficient (Wildman–Crippen LogP) is 12.6. The number of hydrogen-bond acceptors (Lipinski definition) is 8. The normalized spacial score (nSPS) is 20.7. The Labute approximate surface area is 413 Å². The van der Waals surface area contributed by atoms with Crippen LogP contribution in [0, 0.1) is 0 Å². The fourth-order valence-corrected chi connectivity index (χ4v) is 7.30. The van der Waals surface area contributed by atoms with E-state index >= 15 is 0 Å². The molecule has 384 valence electrons. The molecule has 1 heterocycles. The van der Waals surface area contributed by atoms with Crippen molar-refractivity contribution in [2.24, 2.45) is 0 Å². The van der Waals surface area contributed by atoms with Crippen molar-refractivity contribution < 1.29 is 39.8 Å². The van der Waals surface area contributed by atoms with Gasteiger partial charge in [-0.2, -0.15) is 0 Å². The van der Waals surface area contributed by atoms with Crippen molar-refractivity contribution in [1.82, 2.24) is 5.32 Å². The summed E-state index contributed by atoms with van der Waals surface area (Å²) >= 11 is 0. The second kappa shape index (κ2) is 47.0. The summed E-state index contributed by atoms with van der Waals surface area (Å²) in [6, 6.07) is -0.820. The molecule has 7 unspecified atom stereocenters. The molecule has 1 aliphatic rings. The first kappa shape index (κ1) is 62.3. The molecule has 1 rings (SSSR count). The minimum Gasteiger partial charge on any atom is -0.394 e. The molecule has 7 atom stereocenters. The molecule has 0 aromatic carbocycles. The van der Waals surface area contributed by atoms with Crippen LogP contribution in [0.3, 0.4) is 0 Å². The number of rotatable bonds is 42. The van der Waals surface area contributed by atoms with Crippen LogP contribution in [0.4, 0.5) is 0 Å². The second-order valence-electron chi connectivity index (χ2n) is 17.6. The number of ether oxygens (including phenoxy) is 2. The van der Waals surface area contributed by atoms with E-state index in [1.165, 1.54) is 25.7 Å². The van der Waals surface area contributed by atoms with Gasteiger partial charge in [-0.3, -0.25) is 4.79 Å². The number of nitrogens with one attached hydrogen (secondary N) is 1. The fraction of sp³-hybridized carbons (Fsp3) is 0.610. The molecule has 1 aliphatic heterocycles. The van der Waals surface area contributed by atoms with Gasteiger partial charge in [0.05, 0.1) is 25.4 Å². The Balaban J connectivity index is 2.16. The van der Waals surface area contributed by atoms with Crippen LogP contribution in [0.25, 0.3) is 0 Å². The van der Waals surface area contributed by atoms with Gasteiger partial charge in [-0.15, -0.1) is 0 Å². The van der Waals surface area contributed by atoms with E-state index < -0.39 is 49.5 Å². The highest BCUT2D eigenvalue weighted by Crippen LogP contribution is 2.22. The van der Waals surface area contributed by atoms with Crippen molar-refractivity contribution in [1.29, 1.82) is 0 Å². The van der Waals surface area contributed by atoms with Gasteiger partial charge in [0.15, 0.2) is 6.29 Å². The molecule has 1 saturated heterocycles. The SMILES string of the molecule is CC/C=C\C/C=C\C/C=C\C/C=C\C/C=C\C/C=C\C/C=C\C/C=C\C/C=C\C/C=C\CCCCCCCCC(=O)NC(COC1OC(CO)C(O)C(O)C1O)C(O)/C=C/CCCCCCCC. The lowest BCUT2D eigenvalue weighted by Gasteiger charge is -2.40. The highest BCUT2D eigenvalue weighted by Gasteiger charge is 2.44. The molecule has 68 heavy (non-hydrogen) atoms. The van der Waals surface area contributed by atoms with Crippen molar-refractivity contribution in [3.8, 4) is 0 Å². The number of hydrogen-bond donors (Lipinski definition) is 6. The number of amides is 1. The van der Waals surface area contributed by atoms with Gasteiger partial charge in [-0.25, -0.2) is 0 Å². The predicted molar refractivity (Wildman–Crippen MR) is 285 cm³/mol. The van der Waals surface area contributed by atoms with E-state index in [0.29, 0.717) is 6.42 Å². The quantitative estimate of drug-likeness (QED) is 0.0262. The third kappa shape index (κ3) is 36.3. The second-order valence-corrected chi connectivity index (χ2v) is 17.6. The molecule has 0 saturated carbocycles. The third-order valence-electron chi connectivity index (χ3n) is 11.5. The van der Waals surface area contributed by atoms with Crippen LogP contribution >= 0.6 is 0 Å². The van der Waals surface area contributed by atoms with E-state index in [4.69, 9.17) is 9.47 Å². The summed E-state index contributed by atoms with van der Waals surface area (Å²) in [5.74, 6) is -0.202. The molecule has 9 heteroatoms. The van der Waals surface area contributed by atoms with Gasteiger partial charge in [-0.05, 0) is 96.3 Å². The van der Waals surface area contributed by atoms with Crippen molar-refractivity contribution >= 4 is 5.91 Å². The summed E-state index contributed by atoms with van der Waals surface area (Å²) < 4.78 is 11.2. The Morgan fingerprint density at radius 2 is 0.912 bits per heavy atom. The largest absolute Gasteiger partial charge is 0.394 e. The zero-order valence-electron chi connectivity index (χ0n) is 42.3. The number of carbonyl (C=O) groups is 1. The Morgan fingerprint density at radius 1 is 0.515 bits per heavy atom. The summed E-state index contributed by atoms with van der Waals surface area (Å²) in [5, 5.41) is 54.0. The Hall–Kier alpha value is -3.67. The lowest BCUT2D eigenvalue weighted by atomic mass is 9.99. The standard InChI is InChI=1S/C59H95NO8/c1-3-5-7-9-11-13-14-15-16-17-18-19-20-21-22-23-24-25-26-27-28-29-30-31-32-33-34-35-36-37-38-39-40-41-43-45-47-49-55(63)60-52(53(62)48-46-44-42-12-10-8-6-4-2)51-67-59-58(66)57(65)56(64)54(50-61)68-59/h5,7,11,13,15-16,18-19,21-22,24-25,27-28,30-31,33-34,36-37,46,48,52-54,56-59,61-62,64-66H,3-4,6,8-10,12,14,17,20,23,26,29,32,35,38-45,47,49-51H2,1-2H3,(H,60,63)/b7-5-,13-11-,16-15-,19-18-,22-21-,25-24-,28-27-,31-30-,34-33-,37-36-,48-46+. The van der Waals surface area contributed by atoms with Gasteiger partial charge in [0, 0.05) is 6.42 Å². The third-order valence-corrected chi connectivity index (χ3v) is 11.5. The molecule has 0 bridgehead atoms. The van der Waals surface area contributed by atoms with Gasteiger partial charge in [0.25, 0.3) is 0 Å². The zero-order chi connectivity index (χ0) is 49.4. The first-order valence-electron chi connectivity index (χ1n) is 26.4. The van der Waals surface area contributed by atoms with Gasteiger partial charge >= 0.3 is 0 Å². The van der Waals surface area contributed by atoms with E-state index in [2.05, 4.69) is 141 Å². The highest BCUT2D eigenvalue weighted by atomic mass is 16.7. The van der Waals surface area contributed by atoms with Crippen molar-refractivity contribution in [2.45, 2.75) is 217 Å². The van der Waals surface area contributed by atoms with Crippen LogP contribution in [-0.4, -0.2) is 87.5 Å². The minimum atomic E-state index is -1.58. The number of unbranched alkanes of at least 4 members (excludes halogenated alkanes) is 12. The molecule has 9 nitrogen and oxygen atoms in total. The van der Waals surface area contributed by atoms with Crippen LogP contribution < -0.4 is 5.32 Å². The molecule has 1 amide bonds. The summed E-state index contributed by atoms with van der Waals surface area (Å²) in [7, 11) is 0. The summed E-state index contributed by atoms with van der Waals surface area (Å²) in [5.41, 5.74) is 0. The van der Waals surface area contributed by atoms with Crippen LogP contribution in [0.1, 0.15) is 174 Å². The Kier molecular flexibility index (Phi) is 43.1. The number of allylic oxidation sites excluding steroid dienone is 21. The number of aliphatic hydroxyl groups excluding tert-OH is 5. The molecule has 0 aromatic rings. The first-order valence-corrected chi connectivity index (χ1v) is 26.4. The van der Waals surface area contributed by atoms with Gasteiger partial charge in [0.2, 0.25) is 5.91 Å². The van der Waals surface area contributed by atoms with Crippen molar-refractivity contribution in [2.75, 3.05) is 13.2 Å². The minimum absolute atomic E-state index is 0.202. The van der Waals surface area contributed by atoms with E-state index in [1.807, 2.05) is 6.08 Å². The van der Waals surface area contributed by atoms with Crippen LogP contribution in [0.5, 0.6) is 0 Å². The van der Waals surface area contributed by atoms with Crippen LogP contribution in [0.2, 0.25) is 0 Å². The molecule has 0 radical (unpaired) electrons. The zero-order valence-corrected chi connectivity index (χ0v) is 42.3. The Bertz CT molecular complexity index is 1520. The molecule has 0 aromatic heterocycles. The molecular formula is C59H95NO8. The molecule has 0 spiro atoms. The molecular weight excluding hydrogens is 851 g/mol. The van der Waals surface area contributed by atoms with Crippen LogP contribution in [0.15, 0.2) is 134 Å². The lowest BCUT2D eigenvalue weighted by molar-refractivity contribution is -0.302. The summed E-state index contributed by atoms with van der Waals surface area (Å²) in [6.45, 7) is 3.58. The monoisotopic (exact) mass is 946 g/mol. The van der Waals surface area contributed by atoms with Gasteiger partial charge < -0.3 is 40.3 Å². The lowest BCUT2D eigenvalue weighted by Crippen LogP contribution is -2.60. The van der Waals surface area contributed by atoms with E-state index in [-0.39, 0.29) is 12.5 Å². The smallest absolute Gasteiger partial charge is 0.220 e. The topological polar surface area (TPSA) is 149 Å². The van der Waals surface area contributed by atoms with Crippen molar-refractivity contribution in [3.05, 3.63) is 134 Å².